The Morgan fingerprint density at radius 3 is 2.56 bits per heavy atom. The van der Waals surface area contributed by atoms with Gasteiger partial charge in [-0.3, -0.25) is 0 Å². The summed E-state index contributed by atoms with van der Waals surface area (Å²) in [5, 5.41) is 8.33. The predicted molar refractivity (Wildman–Crippen MR) is 133 cm³/mol. The van der Waals surface area contributed by atoms with Crippen LogP contribution in [0.3, 0.4) is 0 Å². The average molecular weight is 473 g/mol. The number of thiocarbonyl (C=S) groups is 1. The van der Waals surface area contributed by atoms with Crippen LogP contribution in [0.25, 0.3) is 17.0 Å². The second-order valence-electron chi connectivity index (χ2n) is 7.84. The zero-order valence-electron chi connectivity index (χ0n) is 18.9. The highest BCUT2D eigenvalue weighted by Gasteiger charge is 2.34. The SMILES string of the molecule is CCOc1ccc(-c2noc(C3=C(C)N(Cc4ccco4)C(=S)NC3c3ccccc3)n2)cc1. The van der Waals surface area contributed by atoms with Gasteiger partial charge in [-0.2, -0.15) is 4.98 Å². The van der Waals surface area contributed by atoms with E-state index in [1.807, 2.05) is 73.3 Å². The van der Waals surface area contributed by atoms with Crippen molar-refractivity contribution in [2.45, 2.75) is 26.4 Å². The second-order valence-corrected chi connectivity index (χ2v) is 8.23. The third kappa shape index (κ3) is 4.32. The fraction of sp³-hybridized carbons (Fsp3) is 0.192. The first kappa shape index (κ1) is 21.9. The highest BCUT2D eigenvalue weighted by molar-refractivity contribution is 7.80. The lowest BCUT2D eigenvalue weighted by molar-refractivity contribution is 0.340. The van der Waals surface area contributed by atoms with E-state index in [-0.39, 0.29) is 6.04 Å². The van der Waals surface area contributed by atoms with E-state index in [0.29, 0.717) is 30.0 Å². The molecule has 0 radical (unpaired) electrons. The van der Waals surface area contributed by atoms with Gasteiger partial charge in [0, 0.05) is 11.3 Å². The van der Waals surface area contributed by atoms with Gasteiger partial charge in [-0.25, -0.2) is 0 Å². The number of nitrogens with one attached hydrogen (secondary N) is 1. The molecule has 1 N–H and O–H groups in total. The van der Waals surface area contributed by atoms with Crippen LogP contribution < -0.4 is 10.1 Å². The van der Waals surface area contributed by atoms with E-state index in [0.717, 1.165) is 33.9 Å². The molecule has 172 valence electrons. The summed E-state index contributed by atoms with van der Waals surface area (Å²) in [6.07, 6.45) is 1.66. The molecule has 0 fully saturated rings. The minimum atomic E-state index is -0.227. The largest absolute Gasteiger partial charge is 0.494 e. The summed E-state index contributed by atoms with van der Waals surface area (Å²) in [6.45, 7) is 5.08. The number of ether oxygens (including phenoxy) is 1. The monoisotopic (exact) mass is 472 g/mol. The summed E-state index contributed by atoms with van der Waals surface area (Å²) in [5.41, 5.74) is 3.70. The van der Waals surface area contributed by atoms with Crippen LogP contribution in [0.2, 0.25) is 0 Å². The Bertz CT molecular complexity index is 1300. The fourth-order valence-electron chi connectivity index (χ4n) is 4.02. The zero-order chi connectivity index (χ0) is 23.5. The van der Waals surface area contributed by atoms with Crippen molar-refractivity contribution in [2.75, 3.05) is 6.61 Å². The molecule has 1 atom stereocenters. The first-order valence-electron chi connectivity index (χ1n) is 11.1. The summed E-state index contributed by atoms with van der Waals surface area (Å²) in [4.78, 5) is 6.74. The Morgan fingerprint density at radius 2 is 1.85 bits per heavy atom. The Hall–Kier alpha value is -3.91. The lowest BCUT2D eigenvalue weighted by atomic mass is 9.95. The molecule has 1 aliphatic rings. The van der Waals surface area contributed by atoms with E-state index < -0.39 is 0 Å². The molecule has 1 unspecified atom stereocenters. The molecule has 7 nitrogen and oxygen atoms in total. The van der Waals surface area contributed by atoms with Crippen molar-refractivity contribution in [3.05, 3.63) is 95.9 Å². The molecule has 3 heterocycles. The van der Waals surface area contributed by atoms with Gasteiger partial charge >= 0.3 is 0 Å². The van der Waals surface area contributed by atoms with Gasteiger partial charge < -0.3 is 23.9 Å². The van der Waals surface area contributed by atoms with Crippen LogP contribution in [0.1, 0.15) is 37.1 Å². The number of furan rings is 1. The summed E-state index contributed by atoms with van der Waals surface area (Å²) >= 11 is 5.73. The molecule has 0 spiro atoms. The number of hydrogen-bond donors (Lipinski definition) is 1. The van der Waals surface area contributed by atoms with Crippen molar-refractivity contribution < 1.29 is 13.7 Å². The van der Waals surface area contributed by atoms with E-state index in [9.17, 15) is 0 Å². The topological polar surface area (TPSA) is 76.6 Å². The Balaban J connectivity index is 1.55. The van der Waals surface area contributed by atoms with Crippen LogP contribution in [-0.4, -0.2) is 26.8 Å². The number of aromatic nitrogens is 2. The first-order valence-corrected chi connectivity index (χ1v) is 11.5. The maximum absolute atomic E-state index is 5.79. The van der Waals surface area contributed by atoms with E-state index in [1.54, 1.807) is 6.26 Å². The molecular weight excluding hydrogens is 448 g/mol. The molecule has 2 aromatic heterocycles. The van der Waals surface area contributed by atoms with Gasteiger partial charge in [0.2, 0.25) is 5.82 Å². The van der Waals surface area contributed by atoms with Gasteiger partial charge in [0.25, 0.3) is 5.89 Å². The van der Waals surface area contributed by atoms with E-state index in [1.165, 1.54) is 0 Å². The number of rotatable bonds is 7. The number of nitrogens with zero attached hydrogens (tertiary/aromatic N) is 3. The van der Waals surface area contributed by atoms with Crippen molar-refractivity contribution in [3.63, 3.8) is 0 Å². The van der Waals surface area contributed by atoms with E-state index in [4.69, 9.17) is 30.9 Å². The third-order valence-electron chi connectivity index (χ3n) is 5.70. The first-order chi connectivity index (χ1) is 16.6. The van der Waals surface area contributed by atoms with Gasteiger partial charge in [0.1, 0.15) is 11.5 Å². The van der Waals surface area contributed by atoms with Gasteiger partial charge in [-0.05, 0) is 68.0 Å². The maximum atomic E-state index is 5.79. The summed E-state index contributed by atoms with van der Waals surface area (Å²) < 4.78 is 16.9. The Morgan fingerprint density at radius 1 is 1.06 bits per heavy atom. The molecule has 0 bridgehead atoms. The standard InChI is InChI=1S/C26H24N4O3S/c1-3-31-20-13-11-19(12-14-20)24-28-25(33-29-24)22-17(2)30(16-21-10-7-15-32-21)26(34)27-23(22)18-8-5-4-6-9-18/h4-15,23H,3,16H2,1-2H3,(H,27,34). The molecule has 0 amide bonds. The molecule has 1 aliphatic heterocycles. The molecule has 8 heteroatoms. The molecule has 0 saturated carbocycles. The number of hydrogen-bond acceptors (Lipinski definition) is 6. The summed E-state index contributed by atoms with van der Waals surface area (Å²) in [7, 11) is 0. The van der Waals surface area contributed by atoms with Crippen molar-refractivity contribution in [1.29, 1.82) is 0 Å². The van der Waals surface area contributed by atoms with Crippen molar-refractivity contribution >= 4 is 22.9 Å². The highest BCUT2D eigenvalue weighted by atomic mass is 32.1. The molecular formula is C26H24N4O3S. The molecule has 34 heavy (non-hydrogen) atoms. The van der Waals surface area contributed by atoms with Gasteiger partial charge in [-0.15, -0.1) is 0 Å². The predicted octanol–water partition coefficient (Wildman–Crippen LogP) is 5.59. The van der Waals surface area contributed by atoms with E-state index >= 15 is 0 Å². The fourth-order valence-corrected chi connectivity index (χ4v) is 4.34. The van der Waals surface area contributed by atoms with Crippen LogP contribution in [0.5, 0.6) is 5.75 Å². The van der Waals surface area contributed by atoms with Gasteiger partial charge in [0.05, 0.1) is 31.0 Å². The number of benzene rings is 2. The summed E-state index contributed by atoms with van der Waals surface area (Å²) in [5.74, 6) is 2.56. The second kappa shape index (κ2) is 9.52. The van der Waals surface area contributed by atoms with Crippen molar-refractivity contribution in [3.8, 4) is 17.1 Å². The van der Waals surface area contributed by atoms with Crippen molar-refractivity contribution in [1.82, 2.24) is 20.4 Å². The van der Waals surface area contributed by atoms with Crippen LogP contribution in [-0.2, 0) is 6.54 Å². The maximum Gasteiger partial charge on any atom is 0.258 e. The molecule has 5 rings (SSSR count). The minimum absolute atomic E-state index is 0.227. The quantitative estimate of drug-likeness (QED) is 0.349. The van der Waals surface area contributed by atoms with Gasteiger partial charge in [-0.1, -0.05) is 35.5 Å². The third-order valence-corrected chi connectivity index (χ3v) is 6.04. The van der Waals surface area contributed by atoms with Crippen LogP contribution >= 0.6 is 12.2 Å². The molecule has 0 aliphatic carbocycles. The Kier molecular flexibility index (Phi) is 6.14. The summed E-state index contributed by atoms with van der Waals surface area (Å²) in [6, 6.07) is 21.3. The number of allylic oxidation sites excluding steroid dienone is 1. The molecule has 2 aromatic carbocycles. The lowest BCUT2D eigenvalue weighted by Gasteiger charge is -2.37. The van der Waals surface area contributed by atoms with Crippen molar-refractivity contribution in [2.24, 2.45) is 0 Å². The average Bonchev–Trinajstić information content (AvgIpc) is 3.55. The van der Waals surface area contributed by atoms with Gasteiger partial charge in [0.15, 0.2) is 5.11 Å². The smallest absolute Gasteiger partial charge is 0.258 e. The normalized spacial score (nSPS) is 16.0. The van der Waals surface area contributed by atoms with Crippen LogP contribution in [0.15, 0.2) is 87.6 Å². The zero-order valence-corrected chi connectivity index (χ0v) is 19.7. The minimum Gasteiger partial charge on any atom is -0.494 e. The van der Waals surface area contributed by atoms with Crippen LogP contribution in [0, 0.1) is 0 Å². The highest BCUT2D eigenvalue weighted by Crippen LogP contribution is 2.38. The van der Waals surface area contributed by atoms with Crippen LogP contribution in [0.4, 0.5) is 0 Å². The Labute approximate surface area is 203 Å². The molecule has 4 aromatic rings. The lowest BCUT2D eigenvalue weighted by Crippen LogP contribution is -2.45. The van der Waals surface area contributed by atoms with E-state index in [2.05, 4.69) is 22.6 Å². The molecule has 0 saturated heterocycles.